The lowest BCUT2D eigenvalue weighted by molar-refractivity contribution is 0.132. The number of aryl methyl sites for hydroxylation is 1. The summed E-state index contributed by atoms with van der Waals surface area (Å²) in [6.07, 6.45) is 2.01. The Hall–Kier alpha value is -1.36. The van der Waals surface area contributed by atoms with Crippen LogP contribution in [0.5, 0.6) is 0 Å². The first-order valence-electron chi connectivity index (χ1n) is 5.79. The number of hydrogen-bond acceptors (Lipinski definition) is 5. The molecule has 17 heavy (non-hydrogen) atoms. The van der Waals surface area contributed by atoms with E-state index in [-0.39, 0.29) is 11.4 Å². The van der Waals surface area contributed by atoms with Crippen LogP contribution in [0.3, 0.4) is 0 Å². The Morgan fingerprint density at radius 2 is 2.12 bits per heavy atom. The number of rotatable bonds is 4. The van der Waals surface area contributed by atoms with Gasteiger partial charge in [-0.2, -0.15) is 4.98 Å². The molecule has 0 aliphatic heterocycles. The Morgan fingerprint density at radius 3 is 2.71 bits per heavy atom. The van der Waals surface area contributed by atoms with Gasteiger partial charge < -0.3 is 16.2 Å². The lowest BCUT2D eigenvalue weighted by Gasteiger charge is -2.22. The van der Waals surface area contributed by atoms with E-state index in [2.05, 4.69) is 36.1 Å². The van der Waals surface area contributed by atoms with Gasteiger partial charge in [0.15, 0.2) is 0 Å². The summed E-state index contributed by atoms with van der Waals surface area (Å²) >= 11 is 0. The number of hydrogen-bond donors (Lipinski definition) is 3. The molecule has 0 radical (unpaired) electrons. The molecule has 0 spiro atoms. The highest BCUT2D eigenvalue weighted by atomic mass is 16.3. The lowest BCUT2D eigenvalue weighted by atomic mass is 9.89. The maximum absolute atomic E-state index is 9.87. The highest BCUT2D eigenvalue weighted by molar-refractivity contribution is 5.45. The summed E-state index contributed by atoms with van der Waals surface area (Å²) in [7, 11) is 0. The summed E-state index contributed by atoms with van der Waals surface area (Å²) in [5.74, 6) is 0.925. The number of nitrogen functional groups attached to an aromatic ring is 1. The van der Waals surface area contributed by atoms with Crippen LogP contribution < -0.4 is 11.1 Å². The van der Waals surface area contributed by atoms with Crippen LogP contribution in [0.15, 0.2) is 6.20 Å². The Balaban J connectivity index is 2.53. The molecule has 1 rings (SSSR count). The van der Waals surface area contributed by atoms with E-state index in [0.717, 1.165) is 12.0 Å². The van der Waals surface area contributed by atoms with E-state index in [9.17, 15) is 5.11 Å². The fourth-order valence-corrected chi connectivity index (χ4v) is 1.63. The van der Waals surface area contributed by atoms with E-state index in [1.807, 2.05) is 6.92 Å². The van der Waals surface area contributed by atoms with Crippen molar-refractivity contribution in [1.82, 2.24) is 9.97 Å². The summed E-state index contributed by atoms with van der Waals surface area (Å²) in [5.41, 5.74) is 6.54. The fraction of sp³-hybridized carbons (Fsp3) is 0.667. The van der Waals surface area contributed by atoms with Crippen molar-refractivity contribution in [3.05, 3.63) is 11.8 Å². The van der Waals surface area contributed by atoms with Crippen molar-refractivity contribution < 1.29 is 5.11 Å². The van der Waals surface area contributed by atoms with E-state index >= 15 is 0 Å². The molecule has 0 amide bonds. The summed E-state index contributed by atoms with van der Waals surface area (Å²) < 4.78 is 0. The minimum absolute atomic E-state index is 0.112. The van der Waals surface area contributed by atoms with Gasteiger partial charge in [0.1, 0.15) is 5.82 Å². The number of nitrogens with zero attached hydrogens (tertiary/aromatic N) is 2. The standard InChI is InChI=1S/C12H22N4O/c1-8-6-15-11(13)16-10(8)14-7-9(17)5-12(2,3)4/h6,9,17H,5,7H2,1-4H3,(H3,13,14,15,16). The number of nitrogens with two attached hydrogens (primary N) is 1. The van der Waals surface area contributed by atoms with Gasteiger partial charge in [-0.05, 0) is 18.8 Å². The zero-order valence-corrected chi connectivity index (χ0v) is 11.0. The maximum Gasteiger partial charge on any atom is 0.221 e. The second-order valence-corrected chi connectivity index (χ2v) is 5.56. The molecule has 1 atom stereocenters. The van der Waals surface area contributed by atoms with Gasteiger partial charge in [0.05, 0.1) is 6.10 Å². The van der Waals surface area contributed by atoms with Crippen LogP contribution in [0.2, 0.25) is 0 Å². The fourth-order valence-electron chi connectivity index (χ4n) is 1.63. The molecule has 4 N–H and O–H groups in total. The third-order valence-electron chi connectivity index (χ3n) is 2.34. The zero-order valence-electron chi connectivity index (χ0n) is 11.0. The van der Waals surface area contributed by atoms with Gasteiger partial charge in [-0.15, -0.1) is 0 Å². The molecule has 0 saturated heterocycles. The smallest absolute Gasteiger partial charge is 0.221 e. The molecule has 0 aliphatic carbocycles. The summed E-state index contributed by atoms with van der Waals surface area (Å²) in [6.45, 7) is 8.67. The highest BCUT2D eigenvalue weighted by Crippen LogP contribution is 2.21. The Morgan fingerprint density at radius 1 is 1.47 bits per heavy atom. The first-order chi connectivity index (χ1) is 7.78. The SMILES string of the molecule is Cc1cnc(N)nc1NCC(O)CC(C)(C)C. The Kier molecular flexibility index (Phi) is 4.28. The minimum atomic E-state index is -0.398. The van der Waals surface area contributed by atoms with Gasteiger partial charge >= 0.3 is 0 Å². The molecule has 96 valence electrons. The maximum atomic E-state index is 9.87. The van der Waals surface area contributed by atoms with Gasteiger partial charge in [0.25, 0.3) is 0 Å². The largest absolute Gasteiger partial charge is 0.391 e. The molecule has 1 heterocycles. The van der Waals surface area contributed by atoms with E-state index in [1.165, 1.54) is 0 Å². The number of aliphatic hydroxyl groups excluding tert-OH is 1. The molecule has 0 bridgehead atoms. The summed E-state index contributed by atoms with van der Waals surface area (Å²) in [5, 5.41) is 13.0. The van der Waals surface area contributed by atoms with Crippen LogP contribution in [-0.2, 0) is 0 Å². The quantitative estimate of drug-likeness (QED) is 0.741. The zero-order chi connectivity index (χ0) is 13.1. The highest BCUT2D eigenvalue weighted by Gasteiger charge is 2.16. The van der Waals surface area contributed by atoms with Gasteiger partial charge in [-0.1, -0.05) is 20.8 Å². The molecule has 1 aromatic heterocycles. The van der Waals surface area contributed by atoms with Crippen LogP contribution in [0.1, 0.15) is 32.8 Å². The average molecular weight is 238 g/mol. The molecule has 0 saturated carbocycles. The third-order valence-corrected chi connectivity index (χ3v) is 2.34. The number of aromatic nitrogens is 2. The molecular formula is C12H22N4O. The monoisotopic (exact) mass is 238 g/mol. The van der Waals surface area contributed by atoms with Gasteiger partial charge in [-0.3, -0.25) is 0 Å². The first-order valence-corrected chi connectivity index (χ1v) is 5.79. The van der Waals surface area contributed by atoms with Crippen molar-refractivity contribution in [2.24, 2.45) is 5.41 Å². The first kappa shape index (κ1) is 13.7. The third kappa shape index (κ3) is 4.99. The average Bonchev–Trinajstić information content (AvgIpc) is 2.17. The number of anilines is 2. The van der Waals surface area contributed by atoms with Crippen molar-refractivity contribution in [1.29, 1.82) is 0 Å². The van der Waals surface area contributed by atoms with Crippen LogP contribution in [-0.4, -0.2) is 27.7 Å². The van der Waals surface area contributed by atoms with Gasteiger partial charge in [-0.25, -0.2) is 4.98 Å². The molecule has 1 aromatic rings. The second-order valence-electron chi connectivity index (χ2n) is 5.56. The Labute approximate surface area is 102 Å². The van der Waals surface area contributed by atoms with Crippen molar-refractivity contribution >= 4 is 11.8 Å². The molecule has 0 fully saturated rings. The molecule has 0 aromatic carbocycles. The van der Waals surface area contributed by atoms with Crippen molar-refractivity contribution in [2.75, 3.05) is 17.6 Å². The number of aliphatic hydroxyl groups is 1. The molecule has 5 heteroatoms. The van der Waals surface area contributed by atoms with Gasteiger partial charge in [0, 0.05) is 18.3 Å². The van der Waals surface area contributed by atoms with E-state index in [1.54, 1.807) is 6.20 Å². The van der Waals surface area contributed by atoms with Crippen molar-refractivity contribution in [2.45, 2.75) is 40.2 Å². The van der Waals surface area contributed by atoms with Crippen LogP contribution in [0.25, 0.3) is 0 Å². The molecule has 5 nitrogen and oxygen atoms in total. The lowest BCUT2D eigenvalue weighted by Crippen LogP contribution is -2.25. The molecular weight excluding hydrogens is 216 g/mol. The number of nitrogens with one attached hydrogen (secondary N) is 1. The predicted molar refractivity (Wildman–Crippen MR) is 69.7 cm³/mol. The topological polar surface area (TPSA) is 84.1 Å². The van der Waals surface area contributed by atoms with Crippen molar-refractivity contribution in [3.63, 3.8) is 0 Å². The second kappa shape index (κ2) is 5.31. The molecule has 1 unspecified atom stereocenters. The van der Waals surface area contributed by atoms with Crippen LogP contribution in [0, 0.1) is 12.3 Å². The van der Waals surface area contributed by atoms with Crippen LogP contribution in [0.4, 0.5) is 11.8 Å². The van der Waals surface area contributed by atoms with E-state index in [0.29, 0.717) is 12.4 Å². The predicted octanol–water partition coefficient (Wildman–Crippen LogP) is 1.58. The van der Waals surface area contributed by atoms with E-state index < -0.39 is 6.10 Å². The Bertz CT molecular complexity index is 373. The summed E-state index contributed by atoms with van der Waals surface area (Å²) in [6, 6.07) is 0. The van der Waals surface area contributed by atoms with Crippen molar-refractivity contribution in [3.8, 4) is 0 Å². The molecule has 0 aliphatic rings. The minimum Gasteiger partial charge on any atom is -0.391 e. The van der Waals surface area contributed by atoms with E-state index in [4.69, 9.17) is 5.73 Å². The van der Waals surface area contributed by atoms with Crippen LogP contribution >= 0.6 is 0 Å². The summed E-state index contributed by atoms with van der Waals surface area (Å²) in [4.78, 5) is 7.98. The normalized spacial score (nSPS) is 13.5. The van der Waals surface area contributed by atoms with Gasteiger partial charge in [0.2, 0.25) is 5.95 Å².